The fourth-order valence-corrected chi connectivity index (χ4v) is 1.87. The van der Waals surface area contributed by atoms with Crippen molar-refractivity contribution in [3.63, 3.8) is 0 Å². The summed E-state index contributed by atoms with van der Waals surface area (Å²) in [4.78, 5) is 22.6. The zero-order valence-corrected chi connectivity index (χ0v) is 12.5. The largest absolute Gasteiger partial charge is 0.478 e. The van der Waals surface area contributed by atoms with Gasteiger partial charge in [-0.2, -0.15) is 0 Å². The highest BCUT2D eigenvalue weighted by Gasteiger charge is 2.10. The van der Waals surface area contributed by atoms with Gasteiger partial charge in [-0.3, -0.25) is 4.79 Å². The van der Waals surface area contributed by atoms with Crippen molar-refractivity contribution in [3.8, 4) is 0 Å². The molecule has 21 heavy (non-hydrogen) atoms. The molecule has 1 unspecified atom stereocenters. The number of rotatable bonds is 8. The van der Waals surface area contributed by atoms with Gasteiger partial charge in [0.25, 0.3) is 0 Å². The molecule has 0 fully saturated rings. The molecular formula is C14H19ClN2O4. The van der Waals surface area contributed by atoms with Crippen LogP contribution in [0, 0.1) is 5.92 Å². The van der Waals surface area contributed by atoms with Crippen molar-refractivity contribution in [1.82, 2.24) is 5.32 Å². The number of hydrogen-bond donors (Lipinski definition) is 4. The highest BCUT2D eigenvalue weighted by Crippen LogP contribution is 2.22. The van der Waals surface area contributed by atoms with E-state index in [-0.39, 0.29) is 41.3 Å². The summed E-state index contributed by atoms with van der Waals surface area (Å²) in [6, 6.07) is 4.11. The summed E-state index contributed by atoms with van der Waals surface area (Å²) >= 11 is 5.91. The quantitative estimate of drug-likeness (QED) is 0.584. The number of carbonyl (C=O) groups excluding carboxylic acids is 1. The van der Waals surface area contributed by atoms with Gasteiger partial charge in [0, 0.05) is 6.61 Å². The Balaban J connectivity index is 2.51. The van der Waals surface area contributed by atoms with Crippen LogP contribution in [0.1, 0.15) is 23.7 Å². The third-order valence-corrected chi connectivity index (χ3v) is 3.22. The fourth-order valence-electron chi connectivity index (χ4n) is 1.70. The predicted molar refractivity (Wildman–Crippen MR) is 80.8 cm³/mol. The number of aliphatic hydroxyl groups excluding tert-OH is 1. The first-order chi connectivity index (χ1) is 9.93. The second kappa shape index (κ2) is 8.61. The smallest absolute Gasteiger partial charge is 0.335 e. The number of benzene rings is 1. The molecule has 1 atom stereocenters. The predicted octanol–water partition coefficient (Wildman–Crippen LogP) is 1.58. The standard InChI is InChI=1S/C14H19ClN2O4/c1-9(4-5-18)7-16-8-13(19)17-12-6-10(14(20)21)2-3-11(12)15/h2-3,6,9,16,18H,4-5,7-8H2,1H3,(H,17,19)(H,20,21). The summed E-state index contributed by atoms with van der Waals surface area (Å²) in [5.74, 6) is -1.13. The number of aliphatic hydroxyl groups is 1. The molecule has 1 rings (SSSR count). The van der Waals surface area contributed by atoms with E-state index in [1.807, 2.05) is 6.92 Å². The van der Waals surface area contributed by atoms with Crippen molar-refractivity contribution < 1.29 is 19.8 Å². The molecule has 1 aromatic carbocycles. The van der Waals surface area contributed by atoms with Crippen molar-refractivity contribution >= 4 is 29.2 Å². The van der Waals surface area contributed by atoms with Gasteiger partial charge in [-0.15, -0.1) is 0 Å². The van der Waals surface area contributed by atoms with Crippen molar-refractivity contribution in [2.75, 3.05) is 25.0 Å². The molecule has 0 saturated heterocycles. The molecule has 1 aromatic rings. The van der Waals surface area contributed by atoms with Gasteiger partial charge in [0.15, 0.2) is 0 Å². The van der Waals surface area contributed by atoms with E-state index in [0.29, 0.717) is 13.0 Å². The Hall–Kier alpha value is -1.63. The lowest BCUT2D eigenvalue weighted by atomic mass is 10.1. The first-order valence-electron chi connectivity index (χ1n) is 6.58. The molecule has 0 radical (unpaired) electrons. The summed E-state index contributed by atoms with van der Waals surface area (Å²) in [6.07, 6.45) is 0.668. The summed E-state index contributed by atoms with van der Waals surface area (Å²) in [5, 5.41) is 23.5. The Bertz CT molecular complexity index is 508. The van der Waals surface area contributed by atoms with E-state index in [1.165, 1.54) is 18.2 Å². The molecule has 0 spiro atoms. The maximum atomic E-state index is 11.8. The molecule has 0 bridgehead atoms. The highest BCUT2D eigenvalue weighted by molar-refractivity contribution is 6.33. The van der Waals surface area contributed by atoms with Crippen molar-refractivity contribution in [2.24, 2.45) is 5.92 Å². The summed E-state index contributed by atoms with van der Waals surface area (Å²) < 4.78 is 0. The molecule has 7 heteroatoms. The minimum absolute atomic E-state index is 0.0548. The number of carboxylic acid groups (broad SMARTS) is 1. The van der Waals surface area contributed by atoms with Crippen LogP contribution in [0.4, 0.5) is 5.69 Å². The van der Waals surface area contributed by atoms with E-state index in [2.05, 4.69) is 10.6 Å². The minimum atomic E-state index is -1.09. The van der Waals surface area contributed by atoms with E-state index in [4.69, 9.17) is 21.8 Å². The van der Waals surface area contributed by atoms with Gasteiger partial charge in [-0.1, -0.05) is 18.5 Å². The lowest BCUT2D eigenvalue weighted by Gasteiger charge is -2.12. The number of halogens is 1. The van der Waals surface area contributed by atoms with Gasteiger partial charge in [0.2, 0.25) is 5.91 Å². The van der Waals surface area contributed by atoms with Gasteiger partial charge in [0.05, 0.1) is 22.8 Å². The molecule has 1 amide bonds. The minimum Gasteiger partial charge on any atom is -0.478 e. The highest BCUT2D eigenvalue weighted by atomic mass is 35.5. The number of aromatic carboxylic acids is 1. The summed E-state index contributed by atoms with van der Waals surface area (Å²) in [7, 11) is 0. The normalized spacial score (nSPS) is 12.0. The third kappa shape index (κ3) is 6.12. The maximum absolute atomic E-state index is 11.8. The summed E-state index contributed by atoms with van der Waals surface area (Å²) in [6.45, 7) is 2.78. The second-order valence-corrected chi connectivity index (χ2v) is 5.20. The molecule has 0 heterocycles. The number of nitrogens with one attached hydrogen (secondary N) is 2. The lowest BCUT2D eigenvalue weighted by Crippen LogP contribution is -2.31. The number of carbonyl (C=O) groups is 2. The van der Waals surface area contributed by atoms with Crippen LogP contribution < -0.4 is 10.6 Å². The van der Waals surface area contributed by atoms with Crippen LogP contribution in [0.3, 0.4) is 0 Å². The molecule has 0 aliphatic heterocycles. The molecule has 4 N–H and O–H groups in total. The van der Waals surface area contributed by atoms with Crippen LogP contribution in [-0.2, 0) is 4.79 Å². The zero-order chi connectivity index (χ0) is 15.8. The second-order valence-electron chi connectivity index (χ2n) is 4.80. The van der Waals surface area contributed by atoms with Crippen LogP contribution in [0.25, 0.3) is 0 Å². The van der Waals surface area contributed by atoms with Gasteiger partial charge in [0.1, 0.15) is 0 Å². The average molecular weight is 315 g/mol. The van der Waals surface area contributed by atoms with Crippen LogP contribution in [0.15, 0.2) is 18.2 Å². The van der Waals surface area contributed by atoms with E-state index < -0.39 is 5.97 Å². The van der Waals surface area contributed by atoms with Crippen molar-refractivity contribution in [1.29, 1.82) is 0 Å². The Morgan fingerprint density at radius 1 is 1.38 bits per heavy atom. The number of amides is 1. The summed E-state index contributed by atoms with van der Waals surface area (Å²) in [5.41, 5.74) is 0.325. The monoisotopic (exact) mass is 314 g/mol. The van der Waals surface area contributed by atoms with E-state index in [0.717, 1.165) is 0 Å². The van der Waals surface area contributed by atoms with E-state index >= 15 is 0 Å². The maximum Gasteiger partial charge on any atom is 0.335 e. The first-order valence-corrected chi connectivity index (χ1v) is 6.96. The number of hydrogen-bond acceptors (Lipinski definition) is 4. The SMILES string of the molecule is CC(CCO)CNCC(=O)Nc1cc(C(=O)O)ccc1Cl. The van der Waals surface area contributed by atoms with Crippen LogP contribution >= 0.6 is 11.6 Å². The van der Waals surface area contributed by atoms with Crippen molar-refractivity contribution in [3.05, 3.63) is 28.8 Å². The molecule has 0 saturated carbocycles. The topological polar surface area (TPSA) is 98.7 Å². The molecule has 0 aliphatic carbocycles. The van der Waals surface area contributed by atoms with E-state index in [9.17, 15) is 9.59 Å². The Labute approximate surface area is 128 Å². The Kier molecular flexibility index (Phi) is 7.14. The fraction of sp³-hybridized carbons (Fsp3) is 0.429. The Morgan fingerprint density at radius 3 is 2.71 bits per heavy atom. The van der Waals surface area contributed by atoms with Crippen LogP contribution in [0.5, 0.6) is 0 Å². The molecule has 116 valence electrons. The molecular weight excluding hydrogens is 296 g/mol. The van der Waals surface area contributed by atoms with Gasteiger partial charge in [-0.25, -0.2) is 4.79 Å². The number of anilines is 1. The van der Waals surface area contributed by atoms with Gasteiger partial charge < -0.3 is 20.8 Å². The van der Waals surface area contributed by atoms with Crippen molar-refractivity contribution in [2.45, 2.75) is 13.3 Å². The third-order valence-electron chi connectivity index (χ3n) is 2.89. The Morgan fingerprint density at radius 2 is 2.10 bits per heavy atom. The van der Waals surface area contributed by atoms with Crippen LogP contribution in [0.2, 0.25) is 5.02 Å². The lowest BCUT2D eigenvalue weighted by molar-refractivity contribution is -0.115. The molecule has 0 aromatic heterocycles. The van der Waals surface area contributed by atoms with Crippen LogP contribution in [-0.4, -0.2) is 41.8 Å². The average Bonchev–Trinajstić information content (AvgIpc) is 2.41. The molecule has 0 aliphatic rings. The van der Waals surface area contributed by atoms with E-state index in [1.54, 1.807) is 0 Å². The van der Waals surface area contributed by atoms with Gasteiger partial charge >= 0.3 is 5.97 Å². The van der Waals surface area contributed by atoms with Gasteiger partial charge in [-0.05, 0) is 37.1 Å². The molecule has 6 nitrogen and oxygen atoms in total. The first kappa shape index (κ1) is 17.4. The zero-order valence-electron chi connectivity index (χ0n) is 11.7. The number of carboxylic acids is 1.